The monoisotopic (exact) mass is 682 g/mol. The van der Waals surface area contributed by atoms with Crippen LogP contribution in [0, 0.1) is 26.0 Å². The molecule has 0 spiro atoms. The predicted molar refractivity (Wildman–Crippen MR) is 183 cm³/mol. The molecule has 0 radical (unpaired) electrons. The average Bonchev–Trinajstić information content (AvgIpc) is 3.66. The number of rotatable bonds is 2. The number of para-hydroxylation sites is 5. The largest absolute Gasteiger partial charge is 2.00 e. The molecule has 10 aromatic rings. The molecule has 0 aliphatic rings. The maximum Gasteiger partial charge on any atom is 2.00 e. The average molecular weight is 683 g/mol. The molecule has 6 aromatic carbocycles. The summed E-state index contributed by atoms with van der Waals surface area (Å²) < 4.78 is 11.0. The van der Waals surface area contributed by atoms with Crippen LogP contribution in [0.25, 0.3) is 76.7 Å². The van der Waals surface area contributed by atoms with Crippen LogP contribution >= 0.6 is 0 Å². The van der Waals surface area contributed by atoms with E-state index in [1.165, 1.54) is 16.5 Å². The summed E-state index contributed by atoms with van der Waals surface area (Å²) in [5, 5.41) is 6.35. The molecule has 0 bridgehead atoms. The van der Waals surface area contributed by atoms with E-state index in [1.807, 2.05) is 24.3 Å². The van der Waals surface area contributed by atoms with Gasteiger partial charge in [0.1, 0.15) is 0 Å². The molecular formula is C40H24N4OPd. The number of ether oxygens (including phenoxy) is 1. The van der Waals surface area contributed by atoms with Crippen LogP contribution in [0.2, 0.25) is 0 Å². The molecule has 220 valence electrons. The molecular weight excluding hydrogens is 659 g/mol. The first kappa shape index (κ1) is 27.1. The van der Waals surface area contributed by atoms with Crippen LogP contribution in [0.3, 0.4) is 0 Å². The second-order valence-corrected chi connectivity index (χ2v) is 11.8. The minimum atomic E-state index is 0. The van der Waals surface area contributed by atoms with Crippen molar-refractivity contribution in [2.24, 2.45) is 0 Å². The first-order valence-electron chi connectivity index (χ1n) is 15.1. The van der Waals surface area contributed by atoms with Gasteiger partial charge in [-0.1, -0.05) is 94.3 Å². The third-order valence-corrected chi connectivity index (χ3v) is 9.20. The first-order chi connectivity index (χ1) is 22.1. The van der Waals surface area contributed by atoms with Crippen molar-refractivity contribution >= 4 is 76.7 Å². The number of pyridine rings is 2. The van der Waals surface area contributed by atoms with Crippen LogP contribution in [-0.2, 0) is 20.4 Å². The van der Waals surface area contributed by atoms with Gasteiger partial charge in [0, 0.05) is 22.5 Å². The maximum absolute atomic E-state index is 6.52. The molecule has 0 aliphatic heterocycles. The SMILES string of the molecule is Cc1cc2c3ccc(Oc4[c-]c5c(cc4)c4ccccc4n4c6ccccc6nc54)[c-]c3c3nc4ccccc4n3c2cc1C.[Pd+2]. The van der Waals surface area contributed by atoms with E-state index >= 15 is 0 Å². The van der Waals surface area contributed by atoms with Gasteiger partial charge in [-0.15, -0.1) is 12.1 Å². The molecule has 0 unspecified atom stereocenters. The Morgan fingerprint density at radius 1 is 0.500 bits per heavy atom. The number of nitrogens with zero attached hydrogens (tertiary/aromatic N) is 4. The van der Waals surface area contributed by atoms with E-state index < -0.39 is 0 Å². The van der Waals surface area contributed by atoms with Crippen molar-refractivity contribution in [3.8, 4) is 11.5 Å². The van der Waals surface area contributed by atoms with Crippen molar-refractivity contribution in [1.29, 1.82) is 0 Å². The topological polar surface area (TPSA) is 43.8 Å². The molecule has 10 rings (SSSR count). The Morgan fingerprint density at radius 2 is 1.00 bits per heavy atom. The van der Waals surface area contributed by atoms with Crippen LogP contribution in [0.4, 0.5) is 0 Å². The summed E-state index contributed by atoms with van der Waals surface area (Å²) in [7, 11) is 0. The van der Waals surface area contributed by atoms with Gasteiger partial charge in [0.25, 0.3) is 0 Å². The molecule has 0 amide bonds. The quantitative estimate of drug-likeness (QED) is 0.104. The van der Waals surface area contributed by atoms with Crippen molar-refractivity contribution in [3.63, 3.8) is 0 Å². The second kappa shape index (κ2) is 9.86. The first-order valence-corrected chi connectivity index (χ1v) is 15.1. The van der Waals surface area contributed by atoms with Gasteiger partial charge in [-0.3, -0.25) is 9.97 Å². The molecule has 0 atom stereocenters. The van der Waals surface area contributed by atoms with Crippen molar-refractivity contribution < 1.29 is 25.2 Å². The maximum atomic E-state index is 6.52. The fourth-order valence-corrected chi connectivity index (χ4v) is 6.96. The fourth-order valence-electron chi connectivity index (χ4n) is 6.96. The Bertz CT molecular complexity index is 2880. The molecule has 6 heteroatoms. The summed E-state index contributed by atoms with van der Waals surface area (Å²) in [5.41, 5.74) is 10.5. The van der Waals surface area contributed by atoms with Gasteiger partial charge in [-0.25, -0.2) is 0 Å². The van der Waals surface area contributed by atoms with Crippen molar-refractivity contribution in [2.45, 2.75) is 13.8 Å². The zero-order valence-electron chi connectivity index (χ0n) is 24.9. The summed E-state index contributed by atoms with van der Waals surface area (Å²) in [4.78, 5) is 10.1. The van der Waals surface area contributed by atoms with E-state index in [-0.39, 0.29) is 20.4 Å². The number of benzene rings is 6. The summed E-state index contributed by atoms with van der Waals surface area (Å²) in [6.45, 7) is 4.33. The Kier molecular flexibility index (Phi) is 5.80. The van der Waals surface area contributed by atoms with E-state index in [2.05, 4.69) is 120 Å². The third kappa shape index (κ3) is 3.72. The molecule has 0 saturated carbocycles. The predicted octanol–water partition coefficient (Wildman–Crippen LogP) is 9.91. The zero-order chi connectivity index (χ0) is 29.8. The third-order valence-electron chi connectivity index (χ3n) is 9.20. The van der Waals surface area contributed by atoms with Gasteiger partial charge >= 0.3 is 20.4 Å². The molecule has 0 N–H and O–H groups in total. The minimum Gasteiger partial charge on any atom is -0.497 e. The normalized spacial score (nSPS) is 12.0. The van der Waals surface area contributed by atoms with Crippen molar-refractivity contribution in [2.75, 3.05) is 0 Å². The Hall–Kier alpha value is -5.28. The number of aromatic nitrogens is 4. The van der Waals surface area contributed by atoms with E-state index in [9.17, 15) is 0 Å². The smallest absolute Gasteiger partial charge is 0.497 e. The van der Waals surface area contributed by atoms with Crippen LogP contribution in [0.15, 0.2) is 109 Å². The van der Waals surface area contributed by atoms with Gasteiger partial charge in [0.15, 0.2) is 0 Å². The number of imidazole rings is 2. The standard InChI is InChI=1S/C40H24N4O.Pd/c1-23-19-30-28-18-16-26(22-32(28)40-42-34-11-5-8-14-37(34)44(40)38(30)20-24(23)2)45-25-15-17-27-29-9-3-6-12-35(29)43-36-13-7-4-10-33(36)41-39(43)31(27)21-25;/h3-20H,1-2H3;/q-2;+2. The van der Waals surface area contributed by atoms with Crippen molar-refractivity contribution in [3.05, 3.63) is 132 Å². The number of hydrogen-bond acceptors (Lipinski definition) is 3. The number of aryl methyl sites for hydroxylation is 2. The van der Waals surface area contributed by atoms with Gasteiger partial charge in [-0.2, -0.15) is 0 Å². The summed E-state index contributed by atoms with van der Waals surface area (Å²) >= 11 is 0. The van der Waals surface area contributed by atoms with E-state index in [4.69, 9.17) is 14.7 Å². The molecule has 46 heavy (non-hydrogen) atoms. The Morgan fingerprint density at radius 3 is 1.63 bits per heavy atom. The number of hydrogen-bond donors (Lipinski definition) is 0. The molecule has 5 nitrogen and oxygen atoms in total. The van der Waals surface area contributed by atoms with Gasteiger partial charge < -0.3 is 13.5 Å². The van der Waals surface area contributed by atoms with Gasteiger partial charge in [-0.05, 0) is 72.1 Å². The van der Waals surface area contributed by atoms with Crippen LogP contribution in [-0.4, -0.2) is 18.8 Å². The minimum absolute atomic E-state index is 0. The molecule has 0 fully saturated rings. The summed E-state index contributed by atoms with van der Waals surface area (Å²) in [6.07, 6.45) is 0. The summed E-state index contributed by atoms with van der Waals surface area (Å²) in [6, 6.07) is 44.9. The molecule has 0 saturated heterocycles. The van der Waals surface area contributed by atoms with E-state index in [1.54, 1.807) is 0 Å². The van der Waals surface area contributed by atoms with E-state index in [0.29, 0.717) is 11.5 Å². The Labute approximate surface area is 277 Å². The number of fused-ring (bicyclic) bond motifs is 16. The molecule has 0 aliphatic carbocycles. The van der Waals surface area contributed by atoms with Gasteiger partial charge in [0.05, 0.1) is 33.4 Å². The van der Waals surface area contributed by atoms with Crippen LogP contribution in [0.5, 0.6) is 11.5 Å². The van der Waals surface area contributed by atoms with Crippen LogP contribution < -0.4 is 4.74 Å². The van der Waals surface area contributed by atoms with E-state index in [0.717, 1.165) is 71.3 Å². The van der Waals surface area contributed by atoms with Gasteiger partial charge in [0.2, 0.25) is 0 Å². The summed E-state index contributed by atoms with van der Waals surface area (Å²) in [5.74, 6) is 1.22. The Balaban J connectivity index is 0.00000292. The molecule has 4 heterocycles. The van der Waals surface area contributed by atoms with Crippen molar-refractivity contribution in [1.82, 2.24) is 18.8 Å². The second-order valence-electron chi connectivity index (χ2n) is 11.8. The fraction of sp³-hybridized carbons (Fsp3) is 0.0500. The van der Waals surface area contributed by atoms with Crippen LogP contribution in [0.1, 0.15) is 11.1 Å². The molecule has 4 aromatic heterocycles. The zero-order valence-corrected chi connectivity index (χ0v) is 26.5.